The van der Waals surface area contributed by atoms with Crippen molar-refractivity contribution in [2.24, 2.45) is 0 Å². The van der Waals surface area contributed by atoms with Crippen molar-refractivity contribution in [2.75, 3.05) is 0 Å². The molecule has 5 heteroatoms. The Kier molecular flexibility index (Phi) is 2.54. The highest BCUT2D eigenvalue weighted by molar-refractivity contribution is 6.35. The highest BCUT2D eigenvalue weighted by Gasteiger charge is 2.12. The van der Waals surface area contributed by atoms with E-state index < -0.39 is 0 Å². The summed E-state index contributed by atoms with van der Waals surface area (Å²) in [5.74, 6) is 0.0280. The SMILES string of the molecule is Oc1ccc(-n2cc3ccc(O)cc3c2Cl)c(O)c1. The number of hydrogen-bond donors (Lipinski definition) is 3. The van der Waals surface area contributed by atoms with Gasteiger partial charge in [-0.1, -0.05) is 11.6 Å². The molecule has 0 saturated carbocycles. The molecule has 1 aromatic heterocycles. The van der Waals surface area contributed by atoms with Gasteiger partial charge in [-0.05, 0) is 30.3 Å². The Morgan fingerprint density at radius 1 is 0.895 bits per heavy atom. The first-order chi connectivity index (χ1) is 9.06. The first-order valence-corrected chi connectivity index (χ1v) is 5.96. The lowest BCUT2D eigenvalue weighted by atomic mass is 10.2. The number of phenols is 3. The van der Waals surface area contributed by atoms with Crippen LogP contribution in [0.2, 0.25) is 5.15 Å². The zero-order valence-corrected chi connectivity index (χ0v) is 10.5. The summed E-state index contributed by atoms with van der Waals surface area (Å²) < 4.78 is 1.60. The van der Waals surface area contributed by atoms with E-state index in [-0.39, 0.29) is 17.2 Å². The lowest BCUT2D eigenvalue weighted by Gasteiger charge is -2.07. The van der Waals surface area contributed by atoms with E-state index in [2.05, 4.69) is 0 Å². The van der Waals surface area contributed by atoms with Gasteiger partial charge in [0.15, 0.2) is 0 Å². The van der Waals surface area contributed by atoms with Crippen molar-refractivity contribution in [1.82, 2.24) is 4.57 Å². The average Bonchev–Trinajstić information content (AvgIpc) is 2.67. The number of phenolic OH excluding ortho intramolecular Hbond substituents is 3. The van der Waals surface area contributed by atoms with Crippen molar-refractivity contribution < 1.29 is 15.3 Å². The van der Waals surface area contributed by atoms with Crippen molar-refractivity contribution in [3.63, 3.8) is 0 Å². The smallest absolute Gasteiger partial charge is 0.143 e. The number of aromatic hydroxyl groups is 3. The van der Waals surface area contributed by atoms with E-state index in [1.807, 2.05) is 0 Å². The highest BCUT2D eigenvalue weighted by Crippen LogP contribution is 2.34. The topological polar surface area (TPSA) is 65.6 Å². The van der Waals surface area contributed by atoms with Crippen LogP contribution in [0.1, 0.15) is 0 Å². The molecule has 0 spiro atoms. The van der Waals surface area contributed by atoms with Crippen LogP contribution in [0, 0.1) is 0 Å². The lowest BCUT2D eigenvalue weighted by Crippen LogP contribution is -1.91. The van der Waals surface area contributed by atoms with Gasteiger partial charge in [0.25, 0.3) is 0 Å². The van der Waals surface area contributed by atoms with Gasteiger partial charge in [0, 0.05) is 23.0 Å². The molecule has 0 saturated heterocycles. The minimum Gasteiger partial charge on any atom is -0.508 e. The molecular formula is C14H10ClNO3. The summed E-state index contributed by atoms with van der Waals surface area (Å²) in [4.78, 5) is 0. The summed E-state index contributed by atoms with van der Waals surface area (Å²) >= 11 is 6.25. The van der Waals surface area contributed by atoms with E-state index in [0.717, 1.165) is 5.39 Å². The molecule has 3 N–H and O–H groups in total. The molecule has 0 aliphatic rings. The lowest BCUT2D eigenvalue weighted by molar-refractivity contribution is 0.449. The maximum atomic E-state index is 9.86. The van der Waals surface area contributed by atoms with Gasteiger partial charge >= 0.3 is 0 Å². The molecule has 1 heterocycles. The summed E-state index contributed by atoms with van der Waals surface area (Å²) in [5.41, 5.74) is 0.457. The van der Waals surface area contributed by atoms with Crippen molar-refractivity contribution >= 4 is 22.4 Å². The van der Waals surface area contributed by atoms with E-state index in [1.165, 1.54) is 12.1 Å². The first kappa shape index (κ1) is 11.7. The van der Waals surface area contributed by atoms with Gasteiger partial charge in [0.05, 0.1) is 5.69 Å². The predicted octanol–water partition coefficient (Wildman–Crippen LogP) is 3.40. The van der Waals surface area contributed by atoms with E-state index in [1.54, 1.807) is 35.0 Å². The molecule has 0 aliphatic carbocycles. The second kappa shape index (κ2) is 4.10. The maximum Gasteiger partial charge on any atom is 0.143 e. The monoisotopic (exact) mass is 275 g/mol. The number of rotatable bonds is 1. The Balaban J connectivity index is 2.28. The predicted molar refractivity (Wildman–Crippen MR) is 73.3 cm³/mol. The minimum absolute atomic E-state index is 0.0215. The zero-order valence-electron chi connectivity index (χ0n) is 9.71. The quantitative estimate of drug-likeness (QED) is 0.638. The first-order valence-electron chi connectivity index (χ1n) is 5.58. The molecule has 19 heavy (non-hydrogen) atoms. The normalized spacial score (nSPS) is 11.0. The van der Waals surface area contributed by atoms with Crippen LogP contribution >= 0.6 is 11.6 Å². The average molecular weight is 276 g/mol. The number of hydrogen-bond acceptors (Lipinski definition) is 3. The standard InChI is InChI=1S/C14H10ClNO3/c15-14-11-5-9(17)2-1-8(11)7-16(14)12-4-3-10(18)6-13(12)19/h1-7,17-19H. The molecule has 0 bridgehead atoms. The molecule has 0 unspecified atom stereocenters. The summed E-state index contributed by atoms with van der Waals surface area (Å²) in [6, 6.07) is 9.15. The van der Waals surface area contributed by atoms with Crippen LogP contribution in [-0.2, 0) is 0 Å². The van der Waals surface area contributed by atoms with Crippen molar-refractivity contribution in [2.45, 2.75) is 0 Å². The van der Waals surface area contributed by atoms with E-state index in [0.29, 0.717) is 16.2 Å². The van der Waals surface area contributed by atoms with E-state index in [9.17, 15) is 15.3 Å². The number of fused-ring (bicyclic) bond motifs is 1. The van der Waals surface area contributed by atoms with Crippen molar-refractivity contribution in [3.8, 4) is 22.9 Å². The summed E-state index contributed by atoms with van der Waals surface area (Å²) in [7, 11) is 0. The number of aromatic nitrogens is 1. The summed E-state index contributed by atoms with van der Waals surface area (Å²) in [5, 5.41) is 30.5. The molecular weight excluding hydrogens is 266 g/mol. The Morgan fingerprint density at radius 3 is 2.32 bits per heavy atom. The third kappa shape index (κ3) is 1.86. The Morgan fingerprint density at radius 2 is 1.58 bits per heavy atom. The second-order valence-electron chi connectivity index (χ2n) is 4.23. The van der Waals surface area contributed by atoms with Crippen LogP contribution in [-0.4, -0.2) is 19.9 Å². The molecule has 0 fully saturated rings. The molecule has 0 aliphatic heterocycles. The third-order valence-corrected chi connectivity index (χ3v) is 3.34. The maximum absolute atomic E-state index is 9.86. The minimum atomic E-state index is -0.0774. The third-order valence-electron chi connectivity index (χ3n) is 2.96. The number of halogens is 1. The molecule has 3 rings (SSSR count). The van der Waals surface area contributed by atoms with Crippen LogP contribution < -0.4 is 0 Å². The van der Waals surface area contributed by atoms with Crippen LogP contribution in [0.25, 0.3) is 16.5 Å². The van der Waals surface area contributed by atoms with Gasteiger partial charge in [-0.15, -0.1) is 0 Å². The number of benzene rings is 2. The Bertz CT molecular complexity index is 780. The van der Waals surface area contributed by atoms with Gasteiger partial charge in [0.2, 0.25) is 0 Å². The van der Waals surface area contributed by atoms with Gasteiger partial charge in [-0.2, -0.15) is 0 Å². The molecule has 2 aromatic carbocycles. The summed E-state index contributed by atoms with van der Waals surface area (Å²) in [6.07, 6.45) is 1.75. The van der Waals surface area contributed by atoms with Crippen molar-refractivity contribution in [1.29, 1.82) is 0 Å². The van der Waals surface area contributed by atoms with Gasteiger partial charge in [0.1, 0.15) is 22.4 Å². The largest absolute Gasteiger partial charge is 0.508 e. The summed E-state index contributed by atoms with van der Waals surface area (Å²) in [6.45, 7) is 0. The molecule has 96 valence electrons. The number of nitrogens with zero attached hydrogens (tertiary/aromatic N) is 1. The Labute approximate surface area is 113 Å². The fourth-order valence-corrected chi connectivity index (χ4v) is 2.36. The second-order valence-corrected chi connectivity index (χ2v) is 4.59. The highest BCUT2D eigenvalue weighted by atomic mass is 35.5. The van der Waals surface area contributed by atoms with Crippen LogP contribution in [0.5, 0.6) is 17.2 Å². The van der Waals surface area contributed by atoms with E-state index >= 15 is 0 Å². The van der Waals surface area contributed by atoms with Crippen LogP contribution in [0.3, 0.4) is 0 Å². The molecule has 0 atom stereocenters. The molecule has 3 aromatic rings. The van der Waals surface area contributed by atoms with Crippen LogP contribution in [0.15, 0.2) is 42.6 Å². The fraction of sp³-hybridized carbons (Fsp3) is 0. The van der Waals surface area contributed by atoms with Gasteiger partial charge in [-0.3, -0.25) is 0 Å². The van der Waals surface area contributed by atoms with Crippen molar-refractivity contribution in [3.05, 3.63) is 47.7 Å². The van der Waals surface area contributed by atoms with Gasteiger partial charge < -0.3 is 19.9 Å². The molecule has 0 amide bonds. The van der Waals surface area contributed by atoms with Gasteiger partial charge in [-0.25, -0.2) is 0 Å². The van der Waals surface area contributed by atoms with Crippen LogP contribution in [0.4, 0.5) is 0 Å². The zero-order chi connectivity index (χ0) is 13.6. The molecule has 4 nitrogen and oxygen atoms in total. The Hall–Kier alpha value is -2.33. The molecule has 0 radical (unpaired) electrons. The van der Waals surface area contributed by atoms with E-state index in [4.69, 9.17) is 11.6 Å². The fourth-order valence-electron chi connectivity index (χ4n) is 2.05.